The van der Waals surface area contributed by atoms with E-state index < -0.39 is 0 Å². The summed E-state index contributed by atoms with van der Waals surface area (Å²) in [5.74, 6) is 0. The molecule has 0 fully saturated rings. The largest absolute Gasteiger partial charge is 0.298 e. The molecule has 0 bridgehead atoms. The first-order valence-corrected chi connectivity index (χ1v) is 5.92. The van der Waals surface area contributed by atoms with Gasteiger partial charge in [0.2, 0.25) is 0 Å². The Bertz CT molecular complexity index is 493. The van der Waals surface area contributed by atoms with Gasteiger partial charge in [-0.25, -0.2) is 0 Å². The number of benzene rings is 1. The standard InChI is InChI=1S/C13H16ClN3/c1-16(8-11-7-15-17(2)9-11)10-12-5-3-4-6-13(12)14/h3-7,9H,8,10H2,1-2H3. The lowest BCUT2D eigenvalue weighted by molar-refractivity contribution is 0.319. The Labute approximate surface area is 107 Å². The van der Waals surface area contributed by atoms with Gasteiger partial charge in [-0.2, -0.15) is 5.10 Å². The van der Waals surface area contributed by atoms with Crippen molar-refractivity contribution in [2.45, 2.75) is 13.1 Å². The minimum atomic E-state index is 0.825. The van der Waals surface area contributed by atoms with Crippen molar-refractivity contribution in [3.8, 4) is 0 Å². The third-order valence-corrected chi connectivity index (χ3v) is 2.98. The maximum absolute atomic E-state index is 6.13. The molecule has 0 N–H and O–H groups in total. The molecule has 90 valence electrons. The first-order chi connectivity index (χ1) is 8.15. The Kier molecular flexibility index (Phi) is 3.82. The summed E-state index contributed by atoms with van der Waals surface area (Å²) >= 11 is 6.13. The molecule has 0 saturated heterocycles. The summed E-state index contributed by atoms with van der Waals surface area (Å²) in [7, 11) is 4.01. The fraction of sp³-hybridized carbons (Fsp3) is 0.308. The number of halogens is 1. The van der Waals surface area contributed by atoms with Crippen molar-refractivity contribution in [3.05, 3.63) is 52.8 Å². The van der Waals surface area contributed by atoms with Crippen LogP contribution in [0.1, 0.15) is 11.1 Å². The lowest BCUT2D eigenvalue weighted by Crippen LogP contribution is -2.17. The average Bonchev–Trinajstić information content (AvgIpc) is 2.67. The van der Waals surface area contributed by atoms with Crippen LogP contribution in [0, 0.1) is 0 Å². The zero-order chi connectivity index (χ0) is 12.3. The molecule has 0 spiro atoms. The molecule has 1 aromatic heterocycles. The lowest BCUT2D eigenvalue weighted by atomic mass is 10.2. The smallest absolute Gasteiger partial charge is 0.0534 e. The van der Waals surface area contributed by atoms with Gasteiger partial charge >= 0.3 is 0 Å². The second kappa shape index (κ2) is 5.34. The summed E-state index contributed by atoms with van der Waals surface area (Å²) in [6.07, 6.45) is 3.92. The molecule has 0 saturated carbocycles. The van der Waals surface area contributed by atoms with E-state index in [2.05, 4.69) is 23.1 Å². The second-order valence-corrected chi connectivity index (χ2v) is 4.69. The maximum atomic E-state index is 6.13. The highest BCUT2D eigenvalue weighted by atomic mass is 35.5. The summed E-state index contributed by atoms with van der Waals surface area (Å²) in [6, 6.07) is 7.95. The topological polar surface area (TPSA) is 21.1 Å². The third-order valence-electron chi connectivity index (χ3n) is 2.61. The van der Waals surface area contributed by atoms with Crippen molar-refractivity contribution in [1.82, 2.24) is 14.7 Å². The second-order valence-electron chi connectivity index (χ2n) is 4.29. The summed E-state index contributed by atoms with van der Waals surface area (Å²) in [4.78, 5) is 2.22. The normalized spacial score (nSPS) is 11.1. The lowest BCUT2D eigenvalue weighted by Gasteiger charge is -2.16. The van der Waals surface area contributed by atoms with Gasteiger partial charge in [-0.3, -0.25) is 9.58 Å². The Morgan fingerprint density at radius 2 is 2.06 bits per heavy atom. The van der Waals surface area contributed by atoms with E-state index in [0.29, 0.717) is 0 Å². The van der Waals surface area contributed by atoms with Crippen molar-refractivity contribution in [2.75, 3.05) is 7.05 Å². The molecule has 1 aromatic carbocycles. The van der Waals surface area contributed by atoms with Gasteiger partial charge in [-0.05, 0) is 18.7 Å². The van der Waals surface area contributed by atoms with Crippen LogP contribution in [0.25, 0.3) is 0 Å². The van der Waals surface area contributed by atoms with Gasteiger partial charge in [0.15, 0.2) is 0 Å². The number of aryl methyl sites for hydroxylation is 1. The molecule has 3 nitrogen and oxygen atoms in total. The van der Waals surface area contributed by atoms with Gasteiger partial charge in [0, 0.05) is 36.9 Å². The van der Waals surface area contributed by atoms with E-state index in [1.54, 1.807) is 0 Å². The van der Waals surface area contributed by atoms with E-state index in [0.717, 1.165) is 23.7 Å². The zero-order valence-corrected chi connectivity index (χ0v) is 10.9. The first-order valence-electron chi connectivity index (χ1n) is 5.54. The van der Waals surface area contributed by atoms with E-state index in [4.69, 9.17) is 11.6 Å². The quantitative estimate of drug-likeness (QED) is 0.831. The van der Waals surface area contributed by atoms with Crippen molar-refractivity contribution in [2.24, 2.45) is 7.05 Å². The molecule has 2 aromatic rings. The molecule has 0 aliphatic carbocycles. The van der Waals surface area contributed by atoms with Crippen LogP contribution in [0.3, 0.4) is 0 Å². The van der Waals surface area contributed by atoms with Crippen LogP contribution in [0.15, 0.2) is 36.7 Å². The highest BCUT2D eigenvalue weighted by molar-refractivity contribution is 6.31. The molecule has 0 aliphatic rings. The van der Waals surface area contributed by atoms with Crippen LogP contribution in [0.4, 0.5) is 0 Å². The number of hydrogen-bond acceptors (Lipinski definition) is 2. The number of nitrogens with zero attached hydrogens (tertiary/aromatic N) is 3. The van der Waals surface area contributed by atoms with E-state index >= 15 is 0 Å². The highest BCUT2D eigenvalue weighted by Crippen LogP contribution is 2.17. The minimum absolute atomic E-state index is 0.825. The molecule has 1 heterocycles. The number of hydrogen-bond donors (Lipinski definition) is 0. The summed E-state index contributed by atoms with van der Waals surface area (Å²) in [5, 5.41) is 4.98. The zero-order valence-electron chi connectivity index (χ0n) is 10.1. The predicted molar refractivity (Wildman–Crippen MR) is 69.8 cm³/mol. The number of aromatic nitrogens is 2. The molecule has 0 amide bonds. The molecular formula is C13H16ClN3. The Hall–Kier alpha value is -1.32. The van der Waals surface area contributed by atoms with Crippen molar-refractivity contribution < 1.29 is 0 Å². The first kappa shape index (κ1) is 12.1. The van der Waals surface area contributed by atoms with E-state index in [-0.39, 0.29) is 0 Å². The van der Waals surface area contributed by atoms with Gasteiger partial charge in [-0.1, -0.05) is 29.8 Å². The van der Waals surface area contributed by atoms with Crippen LogP contribution < -0.4 is 0 Å². The van der Waals surface area contributed by atoms with E-state index in [1.165, 1.54) is 5.56 Å². The molecule has 2 rings (SSSR count). The SMILES string of the molecule is CN(Cc1cnn(C)c1)Cc1ccccc1Cl. The molecule has 0 atom stereocenters. The Balaban J connectivity index is 1.98. The van der Waals surface area contributed by atoms with Crippen LogP contribution in [-0.2, 0) is 20.1 Å². The van der Waals surface area contributed by atoms with Gasteiger partial charge < -0.3 is 0 Å². The molecule has 0 aliphatic heterocycles. The highest BCUT2D eigenvalue weighted by Gasteiger charge is 2.05. The summed E-state index contributed by atoms with van der Waals surface area (Å²) in [6.45, 7) is 1.72. The van der Waals surface area contributed by atoms with Crippen LogP contribution in [-0.4, -0.2) is 21.7 Å². The summed E-state index contributed by atoms with van der Waals surface area (Å²) < 4.78 is 1.82. The monoisotopic (exact) mass is 249 g/mol. The Morgan fingerprint density at radius 3 is 2.71 bits per heavy atom. The number of rotatable bonds is 4. The fourth-order valence-electron chi connectivity index (χ4n) is 1.84. The molecular weight excluding hydrogens is 234 g/mol. The fourth-order valence-corrected chi connectivity index (χ4v) is 2.03. The summed E-state index contributed by atoms with van der Waals surface area (Å²) in [5.41, 5.74) is 2.36. The van der Waals surface area contributed by atoms with Crippen LogP contribution in [0.5, 0.6) is 0 Å². The molecule has 17 heavy (non-hydrogen) atoms. The minimum Gasteiger partial charge on any atom is -0.298 e. The third kappa shape index (κ3) is 3.32. The predicted octanol–water partition coefficient (Wildman–Crippen LogP) is 2.71. The van der Waals surface area contributed by atoms with Crippen molar-refractivity contribution >= 4 is 11.6 Å². The van der Waals surface area contributed by atoms with Crippen LogP contribution in [0.2, 0.25) is 5.02 Å². The van der Waals surface area contributed by atoms with Gasteiger partial charge in [0.25, 0.3) is 0 Å². The van der Waals surface area contributed by atoms with E-state index in [9.17, 15) is 0 Å². The van der Waals surface area contributed by atoms with Gasteiger partial charge in [-0.15, -0.1) is 0 Å². The van der Waals surface area contributed by atoms with Crippen LogP contribution >= 0.6 is 11.6 Å². The Morgan fingerprint density at radius 1 is 1.29 bits per heavy atom. The molecule has 0 radical (unpaired) electrons. The van der Waals surface area contributed by atoms with Gasteiger partial charge in [0.1, 0.15) is 0 Å². The molecule has 4 heteroatoms. The van der Waals surface area contributed by atoms with E-state index in [1.807, 2.05) is 42.3 Å². The van der Waals surface area contributed by atoms with Crippen molar-refractivity contribution in [3.63, 3.8) is 0 Å². The van der Waals surface area contributed by atoms with Crippen molar-refractivity contribution in [1.29, 1.82) is 0 Å². The average molecular weight is 250 g/mol. The maximum Gasteiger partial charge on any atom is 0.0534 e. The molecule has 0 unspecified atom stereocenters. The van der Waals surface area contributed by atoms with Gasteiger partial charge in [0.05, 0.1) is 6.20 Å².